The summed E-state index contributed by atoms with van der Waals surface area (Å²) in [6.07, 6.45) is 0. The Bertz CT molecular complexity index is 1140. The van der Waals surface area contributed by atoms with Crippen LogP contribution in [-0.2, 0) is 19.6 Å². The standard InChI is InChI=1S/C22H24F2N2O6S/c1-22(2,32-16-6-9-18(23)19(24)14-16)21(28)25-10-12-26(13-11-25)33(29,30)17-7-4-15(5-8-17)20(27)31-3/h4-9,14H,10-13H2,1-3H3. The SMILES string of the molecule is COC(=O)c1ccc(S(=O)(=O)N2CCN(C(=O)C(C)(C)Oc3ccc(F)c(F)c3)CC2)cc1. The van der Waals surface area contributed by atoms with Crippen molar-refractivity contribution >= 4 is 21.9 Å². The maximum absolute atomic E-state index is 13.4. The molecule has 2 aromatic carbocycles. The zero-order valence-electron chi connectivity index (χ0n) is 18.4. The van der Waals surface area contributed by atoms with E-state index in [1.807, 2.05) is 0 Å². The molecule has 1 aliphatic heterocycles. The maximum atomic E-state index is 13.4. The number of ether oxygens (including phenoxy) is 2. The first-order chi connectivity index (χ1) is 15.5. The minimum Gasteiger partial charge on any atom is -0.478 e. The second kappa shape index (κ2) is 9.44. The number of halogens is 2. The number of amides is 1. The lowest BCUT2D eigenvalue weighted by Gasteiger charge is -2.38. The van der Waals surface area contributed by atoms with Gasteiger partial charge in [-0.2, -0.15) is 4.31 Å². The number of carbonyl (C=O) groups is 2. The van der Waals surface area contributed by atoms with E-state index >= 15 is 0 Å². The van der Waals surface area contributed by atoms with Crippen LogP contribution in [0.25, 0.3) is 0 Å². The number of hydrogen-bond donors (Lipinski definition) is 0. The number of methoxy groups -OCH3 is 1. The smallest absolute Gasteiger partial charge is 0.337 e. The van der Waals surface area contributed by atoms with Gasteiger partial charge in [0.25, 0.3) is 5.91 Å². The largest absolute Gasteiger partial charge is 0.478 e. The fourth-order valence-corrected chi connectivity index (χ4v) is 4.84. The number of carbonyl (C=O) groups excluding carboxylic acids is 2. The molecule has 8 nitrogen and oxygen atoms in total. The van der Waals surface area contributed by atoms with Crippen LogP contribution in [-0.4, -0.2) is 68.4 Å². The second-order valence-electron chi connectivity index (χ2n) is 7.90. The number of benzene rings is 2. The normalized spacial score (nSPS) is 15.2. The van der Waals surface area contributed by atoms with E-state index in [0.29, 0.717) is 0 Å². The highest BCUT2D eigenvalue weighted by Crippen LogP contribution is 2.24. The molecule has 0 bridgehead atoms. The molecule has 0 unspecified atom stereocenters. The minimum absolute atomic E-state index is 0.00358. The third-order valence-electron chi connectivity index (χ3n) is 5.22. The fraction of sp³-hybridized carbons (Fsp3) is 0.364. The highest BCUT2D eigenvalue weighted by Gasteiger charge is 2.38. The quantitative estimate of drug-likeness (QED) is 0.588. The molecule has 0 radical (unpaired) electrons. The predicted molar refractivity (Wildman–Crippen MR) is 114 cm³/mol. The molecule has 2 aromatic rings. The third-order valence-corrected chi connectivity index (χ3v) is 7.13. The molecule has 1 aliphatic rings. The van der Waals surface area contributed by atoms with Gasteiger partial charge in [-0.25, -0.2) is 22.0 Å². The van der Waals surface area contributed by atoms with Crippen molar-refractivity contribution in [2.24, 2.45) is 0 Å². The topological polar surface area (TPSA) is 93.2 Å². The Morgan fingerprint density at radius 1 is 0.939 bits per heavy atom. The van der Waals surface area contributed by atoms with Gasteiger partial charge in [0.05, 0.1) is 17.6 Å². The van der Waals surface area contributed by atoms with Crippen molar-refractivity contribution in [3.05, 3.63) is 59.7 Å². The van der Waals surface area contributed by atoms with E-state index in [2.05, 4.69) is 4.74 Å². The molecule has 0 saturated carbocycles. The molecule has 0 N–H and O–H groups in total. The van der Waals surface area contributed by atoms with Gasteiger partial charge in [-0.1, -0.05) is 0 Å². The van der Waals surface area contributed by atoms with Gasteiger partial charge in [0.2, 0.25) is 10.0 Å². The van der Waals surface area contributed by atoms with Gasteiger partial charge in [-0.05, 0) is 50.2 Å². The molecule has 33 heavy (non-hydrogen) atoms. The number of nitrogens with zero attached hydrogens (tertiary/aromatic N) is 2. The Morgan fingerprint density at radius 2 is 1.55 bits per heavy atom. The first-order valence-electron chi connectivity index (χ1n) is 10.1. The molecule has 1 heterocycles. The van der Waals surface area contributed by atoms with Crippen molar-refractivity contribution < 1.29 is 36.3 Å². The Balaban J connectivity index is 1.64. The van der Waals surface area contributed by atoms with Gasteiger partial charge >= 0.3 is 5.97 Å². The number of piperazine rings is 1. The zero-order chi connectivity index (χ0) is 24.4. The molecule has 11 heteroatoms. The van der Waals surface area contributed by atoms with E-state index < -0.39 is 39.1 Å². The highest BCUT2D eigenvalue weighted by molar-refractivity contribution is 7.89. The average Bonchev–Trinajstić information content (AvgIpc) is 2.80. The van der Waals surface area contributed by atoms with Crippen molar-refractivity contribution in [2.45, 2.75) is 24.3 Å². The molecular formula is C22H24F2N2O6S. The van der Waals surface area contributed by atoms with Crippen molar-refractivity contribution in [3.8, 4) is 5.75 Å². The Labute approximate surface area is 190 Å². The van der Waals surface area contributed by atoms with E-state index in [4.69, 9.17) is 4.74 Å². The monoisotopic (exact) mass is 482 g/mol. The number of rotatable bonds is 6. The van der Waals surface area contributed by atoms with Crippen LogP contribution in [0.1, 0.15) is 24.2 Å². The van der Waals surface area contributed by atoms with Crippen LogP contribution >= 0.6 is 0 Å². The molecule has 1 amide bonds. The van der Waals surface area contributed by atoms with Crippen LogP contribution in [0.2, 0.25) is 0 Å². The Morgan fingerprint density at radius 3 is 2.09 bits per heavy atom. The minimum atomic E-state index is -3.82. The zero-order valence-corrected chi connectivity index (χ0v) is 19.2. The average molecular weight is 483 g/mol. The van der Waals surface area contributed by atoms with Gasteiger partial charge < -0.3 is 14.4 Å². The van der Waals surface area contributed by atoms with Crippen LogP contribution < -0.4 is 4.74 Å². The predicted octanol–water partition coefficient (Wildman–Crippen LogP) is 2.44. The Kier molecular flexibility index (Phi) is 7.03. The summed E-state index contributed by atoms with van der Waals surface area (Å²) in [6.45, 7) is 3.39. The van der Waals surface area contributed by atoms with Crippen LogP contribution in [0.5, 0.6) is 5.75 Å². The van der Waals surface area contributed by atoms with E-state index in [-0.39, 0.29) is 42.4 Å². The van der Waals surface area contributed by atoms with E-state index in [0.717, 1.165) is 12.1 Å². The van der Waals surface area contributed by atoms with E-state index in [1.165, 1.54) is 60.5 Å². The molecule has 0 aliphatic carbocycles. The van der Waals surface area contributed by atoms with Crippen LogP contribution in [0.3, 0.4) is 0 Å². The number of hydrogen-bond acceptors (Lipinski definition) is 6. The van der Waals surface area contributed by atoms with Crippen molar-refractivity contribution in [1.82, 2.24) is 9.21 Å². The van der Waals surface area contributed by atoms with Gasteiger partial charge in [0.15, 0.2) is 17.2 Å². The first kappa shape index (κ1) is 24.6. The molecule has 3 rings (SSSR count). The Hall–Kier alpha value is -3.05. The molecule has 178 valence electrons. The summed E-state index contributed by atoms with van der Waals surface area (Å²) >= 11 is 0. The van der Waals surface area contributed by atoms with Crippen LogP contribution in [0.4, 0.5) is 8.78 Å². The summed E-state index contributed by atoms with van der Waals surface area (Å²) in [4.78, 5) is 26.0. The lowest BCUT2D eigenvalue weighted by Crippen LogP contribution is -2.56. The third kappa shape index (κ3) is 5.31. The van der Waals surface area contributed by atoms with E-state index in [1.54, 1.807) is 0 Å². The van der Waals surface area contributed by atoms with Crippen molar-refractivity contribution in [3.63, 3.8) is 0 Å². The summed E-state index contributed by atoms with van der Waals surface area (Å²) in [5.74, 6) is -3.09. The second-order valence-corrected chi connectivity index (χ2v) is 9.84. The molecule has 0 atom stereocenters. The van der Waals surface area contributed by atoms with Gasteiger partial charge in [0.1, 0.15) is 5.75 Å². The van der Waals surface area contributed by atoms with Crippen molar-refractivity contribution in [2.75, 3.05) is 33.3 Å². The molecular weight excluding hydrogens is 458 g/mol. The number of sulfonamides is 1. The fourth-order valence-electron chi connectivity index (χ4n) is 3.42. The molecule has 0 aromatic heterocycles. The lowest BCUT2D eigenvalue weighted by molar-refractivity contribution is -0.146. The summed E-state index contributed by atoms with van der Waals surface area (Å²) in [5, 5.41) is 0. The summed E-state index contributed by atoms with van der Waals surface area (Å²) in [6, 6.07) is 8.40. The van der Waals surface area contributed by atoms with E-state index in [9.17, 15) is 26.8 Å². The van der Waals surface area contributed by atoms with Gasteiger partial charge in [-0.3, -0.25) is 4.79 Å². The summed E-state index contributed by atoms with van der Waals surface area (Å²) in [5.41, 5.74) is -1.15. The molecule has 1 fully saturated rings. The summed E-state index contributed by atoms with van der Waals surface area (Å²) in [7, 11) is -2.58. The van der Waals surface area contributed by atoms with Gasteiger partial charge in [-0.15, -0.1) is 0 Å². The first-order valence-corrected chi connectivity index (χ1v) is 11.5. The van der Waals surface area contributed by atoms with Crippen molar-refractivity contribution in [1.29, 1.82) is 0 Å². The molecule has 1 saturated heterocycles. The lowest BCUT2D eigenvalue weighted by atomic mass is 10.1. The highest BCUT2D eigenvalue weighted by atomic mass is 32.2. The molecule has 0 spiro atoms. The van der Waals surface area contributed by atoms with Gasteiger partial charge in [0, 0.05) is 32.2 Å². The number of esters is 1. The van der Waals surface area contributed by atoms with Crippen LogP contribution in [0, 0.1) is 11.6 Å². The summed E-state index contributed by atoms with van der Waals surface area (Å²) < 4.78 is 63.9. The van der Waals surface area contributed by atoms with Crippen LogP contribution in [0.15, 0.2) is 47.4 Å². The maximum Gasteiger partial charge on any atom is 0.337 e.